The second-order valence-corrected chi connectivity index (χ2v) is 7.03. The number of nitrogens with two attached hydrogens (primary N) is 1. The summed E-state index contributed by atoms with van der Waals surface area (Å²) in [6, 6.07) is 5.99. The van der Waals surface area contributed by atoms with E-state index in [0.717, 1.165) is 5.75 Å². The fourth-order valence-corrected chi connectivity index (χ4v) is 3.75. The third-order valence-corrected chi connectivity index (χ3v) is 5.21. The van der Waals surface area contributed by atoms with Crippen LogP contribution in [0.15, 0.2) is 34.3 Å². The van der Waals surface area contributed by atoms with E-state index >= 15 is 0 Å². The van der Waals surface area contributed by atoms with Crippen molar-refractivity contribution in [2.45, 2.75) is 11.8 Å². The molecule has 0 fully saturated rings. The number of sulfone groups is 1. The SMILES string of the molecule is CCSCCS(=O)(=O)c1ccc(/C(N)=N/O)cc1. The van der Waals surface area contributed by atoms with Crippen LogP contribution >= 0.6 is 11.8 Å². The maximum atomic E-state index is 11.9. The van der Waals surface area contributed by atoms with E-state index in [9.17, 15) is 8.42 Å². The number of hydrogen-bond acceptors (Lipinski definition) is 5. The minimum absolute atomic E-state index is 0.0412. The number of hydrogen-bond donors (Lipinski definition) is 2. The van der Waals surface area contributed by atoms with Crippen LogP contribution in [-0.4, -0.2) is 36.7 Å². The zero-order valence-electron chi connectivity index (χ0n) is 10.0. The molecule has 1 aromatic carbocycles. The fraction of sp³-hybridized carbons (Fsp3) is 0.364. The van der Waals surface area contributed by atoms with Gasteiger partial charge < -0.3 is 10.9 Å². The summed E-state index contributed by atoms with van der Waals surface area (Å²) in [6.07, 6.45) is 0. The Kier molecular flexibility index (Phi) is 5.49. The smallest absolute Gasteiger partial charge is 0.179 e. The minimum atomic E-state index is -3.25. The lowest BCUT2D eigenvalue weighted by Gasteiger charge is -2.05. The summed E-state index contributed by atoms with van der Waals surface area (Å²) in [5, 5.41) is 11.4. The summed E-state index contributed by atoms with van der Waals surface area (Å²) >= 11 is 1.59. The Hall–Kier alpha value is -1.21. The van der Waals surface area contributed by atoms with Crippen molar-refractivity contribution >= 4 is 27.4 Å². The first-order chi connectivity index (χ1) is 8.51. The normalized spacial score (nSPS) is 12.6. The van der Waals surface area contributed by atoms with E-state index in [1.54, 1.807) is 11.8 Å². The van der Waals surface area contributed by atoms with Crippen molar-refractivity contribution in [3.8, 4) is 0 Å². The zero-order valence-corrected chi connectivity index (χ0v) is 11.7. The van der Waals surface area contributed by atoms with Gasteiger partial charge in [-0.05, 0) is 30.0 Å². The molecule has 0 amide bonds. The molecule has 0 atom stereocenters. The highest BCUT2D eigenvalue weighted by Crippen LogP contribution is 2.14. The molecule has 0 bridgehead atoms. The van der Waals surface area contributed by atoms with Gasteiger partial charge in [0.15, 0.2) is 15.7 Å². The third kappa shape index (κ3) is 3.92. The highest BCUT2D eigenvalue weighted by atomic mass is 32.2. The fourth-order valence-electron chi connectivity index (χ4n) is 1.32. The molecule has 18 heavy (non-hydrogen) atoms. The predicted octanol–water partition coefficient (Wildman–Crippen LogP) is 1.31. The van der Waals surface area contributed by atoms with E-state index in [1.807, 2.05) is 6.92 Å². The lowest BCUT2D eigenvalue weighted by molar-refractivity contribution is 0.318. The lowest BCUT2D eigenvalue weighted by atomic mass is 10.2. The number of rotatable bonds is 6. The molecule has 1 aromatic rings. The summed E-state index contributed by atoms with van der Waals surface area (Å²) in [5.41, 5.74) is 5.88. The Balaban J connectivity index is 2.84. The van der Waals surface area contributed by atoms with Crippen molar-refractivity contribution in [2.24, 2.45) is 10.9 Å². The third-order valence-electron chi connectivity index (χ3n) is 2.32. The van der Waals surface area contributed by atoms with Gasteiger partial charge >= 0.3 is 0 Å². The van der Waals surface area contributed by atoms with Gasteiger partial charge in [0.25, 0.3) is 0 Å². The van der Waals surface area contributed by atoms with Gasteiger partial charge in [-0.15, -0.1) is 0 Å². The van der Waals surface area contributed by atoms with E-state index < -0.39 is 9.84 Å². The maximum absolute atomic E-state index is 11.9. The van der Waals surface area contributed by atoms with Gasteiger partial charge in [0.2, 0.25) is 0 Å². The number of amidine groups is 1. The van der Waals surface area contributed by atoms with Crippen LogP contribution in [0.4, 0.5) is 0 Å². The van der Waals surface area contributed by atoms with Crippen molar-refractivity contribution in [1.82, 2.24) is 0 Å². The monoisotopic (exact) mass is 288 g/mol. The van der Waals surface area contributed by atoms with E-state index in [4.69, 9.17) is 10.9 Å². The average Bonchev–Trinajstić information content (AvgIpc) is 2.38. The zero-order chi connectivity index (χ0) is 13.6. The van der Waals surface area contributed by atoms with Crippen LogP contribution in [0.3, 0.4) is 0 Å². The maximum Gasteiger partial charge on any atom is 0.179 e. The Morgan fingerprint density at radius 1 is 1.39 bits per heavy atom. The molecule has 7 heteroatoms. The molecule has 5 nitrogen and oxygen atoms in total. The molecule has 0 aliphatic heterocycles. The van der Waals surface area contributed by atoms with Crippen LogP contribution in [0.1, 0.15) is 12.5 Å². The van der Waals surface area contributed by atoms with Crippen molar-refractivity contribution in [3.63, 3.8) is 0 Å². The van der Waals surface area contributed by atoms with E-state index in [2.05, 4.69) is 5.16 Å². The van der Waals surface area contributed by atoms with Crippen LogP contribution in [0.5, 0.6) is 0 Å². The van der Waals surface area contributed by atoms with Crippen molar-refractivity contribution < 1.29 is 13.6 Å². The Morgan fingerprint density at radius 2 is 2.00 bits per heavy atom. The van der Waals surface area contributed by atoms with Gasteiger partial charge in [-0.2, -0.15) is 11.8 Å². The molecule has 0 heterocycles. The minimum Gasteiger partial charge on any atom is -0.409 e. The largest absolute Gasteiger partial charge is 0.409 e. The standard InChI is InChI=1S/C11H16N2O3S2/c1-2-17-7-8-18(15,16)10-5-3-9(4-6-10)11(12)13-14/h3-6,14H,2,7-8H2,1H3,(H2,12,13). The number of nitrogens with zero attached hydrogens (tertiary/aromatic N) is 1. The van der Waals surface area contributed by atoms with E-state index in [1.165, 1.54) is 24.3 Å². The van der Waals surface area contributed by atoms with E-state index in [0.29, 0.717) is 11.3 Å². The van der Waals surface area contributed by atoms with Crippen LogP contribution in [-0.2, 0) is 9.84 Å². The first-order valence-electron chi connectivity index (χ1n) is 5.39. The molecule has 0 aromatic heterocycles. The Morgan fingerprint density at radius 3 is 2.50 bits per heavy atom. The van der Waals surface area contributed by atoms with Crippen molar-refractivity contribution in [2.75, 3.05) is 17.3 Å². The summed E-state index contributed by atoms with van der Waals surface area (Å²) < 4.78 is 23.9. The van der Waals surface area contributed by atoms with Gasteiger partial charge in [0.1, 0.15) is 0 Å². The molecule has 3 N–H and O–H groups in total. The first-order valence-corrected chi connectivity index (χ1v) is 8.20. The molecule has 0 saturated heterocycles. The Labute approximate surface area is 111 Å². The highest BCUT2D eigenvalue weighted by Gasteiger charge is 2.14. The van der Waals surface area contributed by atoms with Gasteiger partial charge in [-0.3, -0.25) is 0 Å². The van der Waals surface area contributed by atoms with Gasteiger partial charge in [-0.25, -0.2) is 8.42 Å². The van der Waals surface area contributed by atoms with Crippen molar-refractivity contribution in [3.05, 3.63) is 29.8 Å². The predicted molar refractivity (Wildman–Crippen MR) is 74.0 cm³/mol. The van der Waals surface area contributed by atoms with E-state index in [-0.39, 0.29) is 16.5 Å². The van der Waals surface area contributed by atoms with Gasteiger partial charge in [0.05, 0.1) is 10.6 Å². The van der Waals surface area contributed by atoms with Crippen LogP contribution in [0.2, 0.25) is 0 Å². The highest BCUT2D eigenvalue weighted by molar-refractivity contribution is 8.00. The molecule has 0 aliphatic carbocycles. The topological polar surface area (TPSA) is 92.8 Å². The molecule has 0 saturated carbocycles. The van der Waals surface area contributed by atoms with Crippen LogP contribution in [0.25, 0.3) is 0 Å². The quantitative estimate of drug-likeness (QED) is 0.271. The summed E-state index contributed by atoms with van der Waals surface area (Å²) in [7, 11) is -3.25. The molecule has 100 valence electrons. The second-order valence-electron chi connectivity index (χ2n) is 3.53. The first kappa shape index (κ1) is 14.8. The molecular weight excluding hydrogens is 272 g/mol. The van der Waals surface area contributed by atoms with Crippen LogP contribution in [0, 0.1) is 0 Å². The number of oxime groups is 1. The molecule has 0 unspecified atom stereocenters. The second kappa shape index (κ2) is 6.65. The lowest BCUT2D eigenvalue weighted by Crippen LogP contribution is -2.14. The average molecular weight is 288 g/mol. The van der Waals surface area contributed by atoms with Gasteiger partial charge in [-0.1, -0.05) is 12.1 Å². The summed E-state index contributed by atoms with van der Waals surface area (Å²) in [4.78, 5) is 0.258. The molecule has 0 radical (unpaired) electrons. The van der Waals surface area contributed by atoms with Gasteiger partial charge in [0, 0.05) is 11.3 Å². The number of benzene rings is 1. The molecule has 1 rings (SSSR count). The molecule has 0 aliphatic rings. The molecule has 0 spiro atoms. The Bertz CT molecular complexity index is 510. The van der Waals surface area contributed by atoms with Crippen molar-refractivity contribution in [1.29, 1.82) is 0 Å². The summed E-state index contributed by atoms with van der Waals surface area (Å²) in [6.45, 7) is 1.99. The number of thioether (sulfide) groups is 1. The summed E-state index contributed by atoms with van der Waals surface area (Å²) in [5.74, 6) is 1.56. The van der Waals surface area contributed by atoms with Crippen LogP contribution < -0.4 is 5.73 Å². The molecular formula is C11H16N2O3S2.